The smallest absolute Gasteiger partial charge is 0.338 e. The minimum Gasteiger partial charge on any atom is -0.494 e. The van der Waals surface area contributed by atoms with E-state index in [9.17, 15) is 4.79 Å². The summed E-state index contributed by atoms with van der Waals surface area (Å²) in [7, 11) is 1.40. The van der Waals surface area contributed by atoms with Gasteiger partial charge in [-0.1, -0.05) is 60.7 Å². The maximum Gasteiger partial charge on any atom is 0.338 e. The van der Waals surface area contributed by atoms with Gasteiger partial charge in [0.05, 0.1) is 19.3 Å². The number of methoxy groups -OCH3 is 1. The molecule has 0 heterocycles. The van der Waals surface area contributed by atoms with Crippen molar-refractivity contribution in [3.05, 3.63) is 89.5 Å². The molecule has 0 N–H and O–H groups in total. The molecule has 3 rings (SSSR count). The zero-order valence-corrected chi connectivity index (χ0v) is 15.1. The fourth-order valence-electron chi connectivity index (χ4n) is 2.99. The average molecular weight is 346 g/mol. The molecule has 3 nitrogen and oxygen atoms in total. The molecule has 0 radical (unpaired) electrons. The molecule has 3 aromatic carbocycles. The van der Waals surface area contributed by atoms with Crippen LogP contribution >= 0.6 is 0 Å². The van der Waals surface area contributed by atoms with Crippen molar-refractivity contribution in [2.45, 2.75) is 13.3 Å². The minimum absolute atomic E-state index is 0.324. The lowest BCUT2D eigenvalue weighted by atomic mass is 9.97. The van der Waals surface area contributed by atoms with Crippen LogP contribution in [0.25, 0.3) is 11.1 Å². The summed E-state index contributed by atoms with van der Waals surface area (Å²) >= 11 is 0. The first-order chi connectivity index (χ1) is 12.7. The zero-order valence-electron chi connectivity index (χ0n) is 15.1. The standard InChI is InChI=1S/C23H22O3/c1-3-26-22-11-7-4-8-19(22)16-17-12-14-18(15-13-17)20-9-5-6-10-21(20)23(24)25-2/h4-15H,3,16H2,1-2H3. The molecule has 0 saturated heterocycles. The lowest BCUT2D eigenvalue weighted by molar-refractivity contribution is 0.0601. The number of ether oxygens (including phenoxy) is 2. The maximum absolute atomic E-state index is 12.0. The third kappa shape index (κ3) is 3.94. The van der Waals surface area contributed by atoms with E-state index in [0.717, 1.165) is 28.9 Å². The van der Waals surface area contributed by atoms with E-state index in [1.807, 2.05) is 55.5 Å². The second-order valence-electron chi connectivity index (χ2n) is 5.95. The number of hydrogen-bond donors (Lipinski definition) is 0. The van der Waals surface area contributed by atoms with Gasteiger partial charge in [-0.3, -0.25) is 0 Å². The molecule has 0 aliphatic heterocycles. The molecular formula is C23H22O3. The third-order valence-corrected chi connectivity index (χ3v) is 4.26. The fourth-order valence-corrected chi connectivity index (χ4v) is 2.99. The summed E-state index contributed by atoms with van der Waals surface area (Å²) in [5, 5.41) is 0. The third-order valence-electron chi connectivity index (χ3n) is 4.26. The van der Waals surface area contributed by atoms with Crippen molar-refractivity contribution in [2.24, 2.45) is 0 Å². The van der Waals surface area contributed by atoms with Crippen LogP contribution in [0.2, 0.25) is 0 Å². The Labute approximate surface area is 154 Å². The van der Waals surface area contributed by atoms with Crippen molar-refractivity contribution in [2.75, 3.05) is 13.7 Å². The van der Waals surface area contributed by atoms with E-state index in [0.29, 0.717) is 12.2 Å². The Morgan fingerprint density at radius 1 is 0.885 bits per heavy atom. The maximum atomic E-state index is 12.0. The summed E-state index contributed by atoms with van der Waals surface area (Å²) in [4.78, 5) is 12.0. The van der Waals surface area contributed by atoms with Crippen molar-refractivity contribution in [3.63, 3.8) is 0 Å². The van der Waals surface area contributed by atoms with Crippen LogP contribution in [0.4, 0.5) is 0 Å². The van der Waals surface area contributed by atoms with Gasteiger partial charge in [-0.2, -0.15) is 0 Å². The number of para-hydroxylation sites is 1. The van der Waals surface area contributed by atoms with Gasteiger partial charge in [0.15, 0.2) is 0 Å². The van der Waals surface area contributed by atoms with Gasteiger partial charge in [0.25, 0.3) is 0 Å². The highest BCUT2D eigenvalue weighted by Crippen LogP contribution is 2.26. The van der Waals surface area contributed by atoms with Crippen LogP contribution < -0.4 is 4.74 Å². The number of rotatable bonds is 6. The van der Waals surface area contributed by atoms with Gasteiger partial charge in [0.1, 0.15) is 5.75 Å². The Morgan fingerprint density at radius 3 is 2.31 bits per heavy atom. The lowest BCUT2D eigenvalue weighted by Gasteiger charge is -2.11. The molecule has 132 valence electrons. The fraction of sp³-hybridized carbons (Fsp3) is 0.174. The van der Waals surface area contributed by atoms with Gasteiger partial charge in [-0.25, -0.2) is 4.79 Å². The molecule has 0 unspecified atom stereocenters. The van der Waals surface area contributed by atoms with Gasteiger partial charge in [0, 0.05) is 6.42 Å². The minimum atomic E-state index is -0.324. The second-order valence-corrected chi connectivity index (χ2v) is 5.95. The Kier molecular flexibility index (Phi) is 5.69. The van der Waals surface area contributed by atoms with Crippen molar-refractivity contribution in [3.8, 4) is 16.9 Å². The number of carbonyl (C=O) groups is 1. The number of esters is 1. The van der Waals surface area contributed by atoms with E-state index < -0.39 is 0 Å². The molecule has 0 saturated carbocycles. The van der Waals surface area contributed by atoms with Crippen LogP contribution in [0.15, 0.2) is 72.8 Å². The summed E-state index contributed by atoms with van der Waals surface area (Å²) in [6.45, 7) is 2.64. The number of hydrogen-bond acceptors (Lipinski definition) is 3. The highest BCUT2D eigenvalue weighted by molar-refractivity contribution is 5.97. The molecule has 26 heavy (non-hydrogen) atoms. The SMILES string of the molecule is CCOc1ccccc1Cc1ccc(-c2ccccc2C(=O)OC)cc1. The molecule has 0 fully saturated rings. The lowest BCUT2D eigenvalue weighted by Crippen LogP contribution is -2.03. The molecular weight excluding hydrogens is 324 g/mol. The monoisotopic (exact) mass is 346 g/mol. The van der Waals surface area contributed by atoms with Gasteiger partial charge < -0.3 is 9.47 Å². The summed E-state index contributed by atoms with van der Waals surface area (Å²) in [6, 6.07) is 23.9. The second kappa shape index (κ2) is 8.34. The number of benzene rings is 3. The molecule has 0 spiro atoms. The van der Waals surface area contributed by atoms with Crippen LogP contribution in [-0.4, -0.2) is 19.7 Å². The zero-order chi connectivity index (χ0) is 18.4. The Balaban J connectivity index is 1.85. The highest BCUT2D eigenvalue weighted by atomic mass is 16.5. The number of carbonyl (C=O) groups excluding carboxylic acids is 1. The summed E-state index contributed by atoms with van der Waals surface area (Å²) in [6.07, 6.45) is 0.801. The highest BCUT2D eigenvalue weighted by Gasteiger charge is 2.12. The first-order valence-corrected chi connectivity index (χ1v) is 8.70. The summed E-state index contributed by atoms with van der Waals surface area (Å²) in [5.41, 5.74) is 4.80. The van der Waals surface area contributed by atoms with E-state index >= 15 is 0 Å². The molecule has 0 aliphatic carbocycles. The molecule has 0 amide bonds. The van der Waals surface area contributed by atoms with Crippen LogP contribution in [0.1, 0.15) is 28.4 Å². The molecule has 0 aromatic heterocycles. The molecule has 0 aliphatic rings. The van der Waals surface area contributed by atoms with E-state index in [2.05, 4.69) is 18.2 Å². The predicted molar refractivity (Wildman–Crippen MR) is 104 cm³/mol. The normalized spacial score (nSPS) is 10.4. The Hall–Kier alpha value is -3.07. The Bertz CT molecular complexity index is 882. The Morgan fingerprint density at radius 2 is 1.58 bits per heavy atom. The van der Waals surface area contributed by atoms with Crippen molar-refractivity contribution in [1.29, 1.82) is 0 Å². The van der Waals surface area contributed by atoms with Crippen LogP contribution in [0.5, 0.6) is 5.75 Å². The van der Waals surface area contributed by atoms with Crippen LogP contribution in [0, 0.1) is 0 Å². The van der Waals surface area contributed by atoms with Gasteiger partial charge >= 0.3 is 5.97 Å². The molecule has 0 atom stereocenters. The topological polar surface area (TPSA) is 35.5 Å². The van der Waals surface area contributed by atoms with Crippen molar-refractivity contribution in [1.82, 2.24) is 0 Å². The summed E-state index contributed by atoms with van der Waals surface area (Å²) < 4.78 is 10.6. The van der Waals surface area contributed by atoms with Crippen LogP contribution in [0.3, 0.4) is 0 Å². The first kappa shape index (κ1) is 17.7. The van der Waals surface area contributed by atoms with Crippen LogP contribution in [-0.2, 0) is 11.2 Å². The summed E-state index contributed by atoms with van der Waals surface area (Å²) in [5.74, 6) is 0.602. The average Bonchev–Trinajstić information content (AvgIpc) is 2.70. The van der Waals surface area contributed by atoms with E-state index in [1.165, 1.54) is 12.7 Å². The van der Waals surface area contributed by atoms with E-state index in [-0.39, 0.29) is 5.97 Å². The first-order valence-electron chi connectivity index (χ1n) is 8.70. The van der Waals surface area contributed by atoms with E-state index in [1.54, 1.807) is 6.07 Å². The van der Waals surface area contributed by atoms with Gasteiger partial charge in [0.2, 0.25) is 0 Å². The van der Waals surface area contributed by atoms with E-state index in [4.69, 9.17) is 9.47 Å². The molecule has 3 aromatic rings. The van der Waals surface area contributed by atoms with Crippen molar-refractivity contribution >= 4 is 5.97 Å². The van der Waals surface area contributed by atoms with Gasteiger partial charge in [-0.15, -0.1) is 0 Å². The predicted octanol–water partition coefficient (Wildman–Crippen LogP) is 5.13. The largest absolute Gasteiger partial charge is 0.494 e. The molecule has 3 heteroatoms. The van der Waals surface area contributed by atoms with Crippen molar-refractivity contribution < 1.29 is 14.3 Å². The quantitative estimate of drug-likeness (QED) is 0.581. The van der Waals surface area contributed by atoms with Gasteiger partial charge in [-0.05, 0) is 41.3 Å². The molecule has 0 bridgehead atoms.